The van der Waals surface area contributed by atoms with Gasteiger partial charge in [0.15, 0.2) is 0 Å². The molecule has 0 saturated carbocycles. The highest BCUT2D eigenvalue weighted by atomic mass is 16.8. The topological polar surface area (TPSA) is 155 Å². The van der Waals surface area contributed by atoms with Gasteiger partial charge in [-0.25, -0.2) is 0 Å². The number of aliphatic hydroxyl groups is 3. The van der Waals surface area contributed by atoms with E-state index in [-0.39, 0.29) is 16.7 Å². The first-order valence-corrected chi connectivity index (χ1v) is 7.16. The molecule has 5 atom stereocenters. The molecule has 24 heavy (non-hydrogen) atoms. The van der Waals surface area contributed by atoms with Crippen LogP contribution in [0.4, 0.5) is 5.69 Å². The molecule has 1 aromatic rings. The molecule has 1 fully saturated rings. The van der Waals surface area contributed by atoms with Gasteiger partial charge in [-0.1, -0.05) is 0 Å². The lowest BCUT2D eigenvalue weighted by Gasteiger charge is -2.42. The predicted molar refractivity (Wildman–Crippen MR) is 80.1 cm³/mol. The second kappa shape index (κ2) is 7.75. The van der Waals surface area contributed by atoms with Gasteiger partial charge in [-0.3, -0.25) is 10.0 Å². The molecule has 2 rings (SSSR count). The maximum Gasteiger partial charge on any atom is 0.223 e. The van der Waals surface area contributed by atoms with Gasteiger partial charge in [0.05, 0.1) is 12.3 Å². The van der Waals surface area contributed by atoms with E-state index >= 15 is 0 Å². The Morgan fingerprint density at radius 3 is 2.46 bits per heavy atom. The summed E-state index contributed by atoms with van der Waals surface area (Å²) >= 11 is 0. The van der Waals surface area contributed by atoms with Crippen LogP contribution in [-0.4, -0.2) is 63.7 Å². The summed E-state index contributed by atoms with van der Waals surface area (Å²) < 4.78 is 10.9. The number of rotatable bonds is 5. The number of nitrogens with zero attached hydrogens (tertiary/aromatic N) is 1. The zero-order valence-corrected chi connectivity index (χ0v) is 12.8. The molecule has 1 amide bonds. The fraction of sp³-hybridized carbons (Fsp3) is 0.500. The molecule has 0 bridgehead atoms. The standard InChI is InChI=1S/C14H19N2O8/c1-7(18)15-11-13(20)12(19)10(6-17)24-14(11)23-9-4-2-8(3-5-9)16(21)22/h2-5,10-14,17,19-21H,6H2,1H3,(H,15,18)/q-1/t10-,11+,12-,13-,14-/m0/s1. The fourth-order valence-electron chi connectivity index (χ4n) is 2.36. The van der Waals surface area contributed by atoms with E-state index in [2.05, 4.69) is 5.32 Å². The Morgan fingerprint density at radius 2 is 1.96 bits per heavy atom. The molecule has 1 aliphatic rings. The lowest BCUT2D eigenvalue weighted by atomic mass is 9.97. The van der Waals surface area contributed by atoms with E-state index in [1.54, 1.807) is 0 Å². The Bertz CT molecular complexity index is 552. The van der Waals surface area contributed by atoms with Crippen LogP contribution >= 0.6 is 0 Å². The van der Waals surface area contributed by atoms with Gasteiger partial charge < -0.3 is 40.5 Å². The van der Waals surface area contributed by atoms with E-state index in [0.717, 1.165) is 0 Å². The van der Waals surface area contributed by atoms with Crippen molar-refractivity contribution >= 4 is 11.6 Å². The molecule has 0 unspecified atom stereocenters. The quantitative estimate of drug-likeness (QED) is 0.410. The minimum atomic E-state index is -1.42. The zero-order chi connectivity index (χ0) is 17.9. The summed E-state index contributed by atoms with van der Waals surface area (Å²) in [7, 11) is 0. The highest BCUT2D eigenvalue weighted by Crippen LogP contribution is 2.25. The number of amides is 1. The number of nitrogens with one attached hydrogen (secondary N) is 1. The van der Waals surface area contributed by atoms with Crippen molar-refractivity contribution < 1.29 is 34.8 Å². The summed E-state index contributed by atoms with van der Waals surface area (Å²) in [6.07, 6.45) is -5.10. The van der Waals surface area contributed by atoms with Gasteiger partial charge >= 0.3 is 0 Å². The Labute approximate surface area is 137 Å². The van der Waals surface area contributed by atoms with E-state index < -0.39 is 43.2 Å². The van der Waals surface area contributed by atoms with Crippen molar-refractivity contribution in [1.82, 2.24) is 5.32 Å². The first-order chi connectivity index (χ1) is 11.3. The minimum Gasteiger partial charge on any atom is -0.733 e. The zero-order valence-electron chi connectivity index (χ0n) is 12.8. The lowest BCUT2D eigenvalue weighted by molar-refractivity contribution is -0.244. The van der Waals surface area contributed by atoms with Gasteiger partial charge in [-0.2, -0.15) is 0 Å². The summed E-state index contributed by atoms with van der Waals surface area (Å²) in [4.78, 5) is 11.3. The highest BCUT2D eigenvalue weighted by Gasteiger charge is 2.46. The van der Waals surface area contributed by atoms with E-state index in [9.17, 15) is 25.3 Å². The van der Waals surface area contributed by atoms with E-state index in [1.807, 2.05) is 0 Å². The van der Waals surface area contributed by atoms with Gasteiger partial charge in [0.2, 0.25) is 12.2 Å². The SMILES string of the molecule is CC(=O)N[C@H]1[C@@H](Oc2ccc(N([O-])O)cc2)O[C@@H](CO)[C@H](O)[C@H]1O. The van der Waals surface area contributed by atoms with Crippen molar-refractivity contribution in [3.05, 3.63) is 29.5 Å². The van der Waals surface area contributed by atoms with Gasteiger partial charge in [0.1, 0.15) is 30.1 Å². The first kappa shape index (κ1) is 18.4. The molecule has 1 aromatic carbocycles. The molecule has 1 saturated heterocycles. The van der Waals surface area contributed by atoms with Gasteiger partial charge in [-0.15, -0.1) is 0 Å². The summed E-state index contributed by atoms with van der Waals surface area (Å²) in [6.45, 7) is 0.673. The van der Waals surface area contributed by atoms with Crippen LogP contribution in [-0.2, 0) is 9.53 Å². The largest absolute Gasteiger partial charge is 0.733 e. The third-order valence-electron chi connectivity index (χ3n) is 3.56. The molecule has 0 aromatic heterocycles. The van der Waals surface area contributed by atoms with Crippen LogP contribution in [0, 0.1) is 5.21 Å². The van der Waals surface area contributed by atoms with Crippen molar-refractivity contribution in [1.29, 1.82) is 0 Å². The molecule has 10 nitrogen and oxygen atoms in total. The number of carbonyl (C=O) groups excluding carboxylic acids is 1. The van der Waals surface area contributed by atoms with Crippen molar-refractivity contribution in [3.63, 3.8) is 0 Å². The normalized spacial score (nSPS) is 29.8. The molecule has 5 N–H and O–H groups in total. The predicted octanol–water partition coefficient (Wildman–Crippen LogP) is -1.30. The maximum absolute atomic E-state index is 11.3. The Kier molecular flexibility index (Phi) is 5.94. The van der Waals surface area contributed by atoms with Gasteiger partial charge in [-0.05, 0) is 24.3 Å². The number of aliphatic hydroxyl groups excluding tert-OH is 3. The molecular weight excluding hydrogens is 324 g/mol. The molecule has 10 heteroatoms. The highest BCUT2D eigenvalue weighted by molar-refractivity contribution is 5.73. The van der Waals surface area contributed by atoms with Gasteiger partial charge in [0.25, 0.3) is 0 Å². The molecular formula is C14H19N2O8-. The monoisotopic (exact) mass is 343 g/mol. The number of benzene rings is 1. The molecule has 0 spiro atoms. The number of carbonyl (C=O) groups is 1. The van der Waals surface area contributed by atoms with Crippen LogP contribution in [0.2, 0.25) is 0 Å². The van der Waals surface area contributed by atoms with Gasteiger partial charge in [0, 0.05) is 6.92 Å². The fourth-order valence-corrected chi connectivity index (χ4v) is 2.36. The summed E-state index contributed by atoms with van der Waals surface area (Å²) in [5, 5.41) is 50.9. The van der Waals surface area contributed by atoms with Crippen LogP contribution in [0.25, 0.3) is 0 Å². The van der Waals surface area contributed by atoms with E-state index in [1.165, 1.54) is 31.2 Å². The number of hydrogen-bond donors (Lipinski definition) is 5. The van der Waals surface area contributed by atoms with Crippen LogP contribution in [0.1, 0.15) is 6.92 Å². The molecule has 134 valence electrons. The molecule has 0 radical (unpaired) electrons. The third kappa shape index (κ3) is 4.12. The Hall–Kier alpha value is -1.95. The van der Waals surface area contributed by atoms with Crippen molar-refractivity contribution in [2.75, 3.05) is 11.8 Å². The molecule has 1 aliphatic heterocycles. The van der Waals surface area contributed by atoms with E-state index in [4.69, 9.17) is 14.7 Å². The second-order valence-electron chi connectivity index (χ2n) is 5.32. The first-order valence-electron chi connectivity index (χ1n) is 7.16. The van der Waals surface area contributed by atoms with Crippen molar-refractivity contribution in [2.24, 2.45) is 0 Å². The van der Waals surface area contributed by atoms with Crippen molar-refractivity contribution in [2.45, 2.75) is 37.6 Å². The average Bonchev–Trinajstić information content (AvgIpc) is 2.54. The molecule has 0 aliphatic carbocycles. The van der Waals surface area contributed by atoms with Crippen LogP contribution in [0.3, 0.4) is 0 Å². The second-order valence-corrected chi connectivity index (χ2v) is 5.32. The van der Waals surface area contributed by atoms with Crippen LogP contribution in [0.5, 0.6) is 5.75 Å². The maximum atomic E-state index is 11.3. The summed E-state index contributed by atoms with van der Waals surface area (Å²) in [6, 6.07) is 4.24. The van der Waals surface area contributed by atoms with E-state index in [0.29, 0.717) is 0 Å². The van der Waals surface area contributed by atoms with Crippen LogP contribution < -0.4 is 15.3 Å². The Morgan fingerprint density at radius 1 is 1.33 bits per heavy atom. The van der Waals surface area contributed by atoms with Crippen molar-refractivity contribution in [3.8, 4) is 5.75 Å². The lowest BCUT2D eigenvalue weighted by Crippen LogP contribution is -2.65. The number of ether oxygens (including phenoxy) is 2. The third-order valence-corrected chi connectivity index (χ3v) is 3.56. The summed E-state index contributed by atoms with van der Waals surface area (Å²) in [5.41, 5.74) is -0.0194. The minimum absolute atomic E-state index is 0.0194. The summed E-state index contributed by atoms with van der Waals surface area (Å²) in [5.74, 6) is -0.246. The molecule has 1 heterocycles. The smallest absolute Gasteiger partial charge is 0.223 e. The number of anilines is 1. The average molecular weight is 343 g/mol. The van der Waals surface area contributed by atoms with Crippen LogP contribution in [0.15, 0.2) is 24.3 Å². The Balaban J connectivity index is 2.17. The number of hydrogen-bond acceptors (Lipinski definition) is 9.